The molecule has 2 atom stereocenters. The highest BCUT2D eigenvalue weighted by Crippen LogP contribution is 2.13. The first-order valence-corrected chi connectivity index (χ1v) is 10.9. The number of esters is 1. The molecule has 1 amide bonds. The van der Waals surface area contributed by atoms with E-state index in [2.05, 4.69) is 15.4 Å². The molecule has 1 aromatic carbocycles. The SMILES string of the molecule is COC(=O)CCCCCCNC[C@@H](O)[C@H](Cc1cc(F)cc(F)c1)NC(=O)OC(C)(C)C. The molecule has 0 aliphatic heterocycles. The molecule has 9 heteroatoms. The Hall–Kier alpha value is -2.26. The van der Waals surface area contributed by atoms with Gasteiger partial charge in [-0.05, 0) is 64.3 Å². The Bertz CT molecular complexity index is 705. The maximum Gasteiger partial charge on any atom is 0.407 e. The van der Waals surface area contributed by atoms with Crippen molar-refractivity contribution in [2.24, 2.45) is 0 Å². The van der Waals surface area contributed by atoms with Crippen LogP contribution in [0.2, 0.25) is 0 Å². The van der Waals surface area contributed by atoms with E-state index in [9.17, 15) is 23.5 Å². The third-order valence-electron chi connectivity index (χ3n) is 4.61. The number of aliphatic hydroxyl groups is 1. The van der Waals surface area contributed by atoms with E-state index in [1.54, 1.807) is 20.8 Å². The number of rotatable bonds is 13. The molecule has 7 nitrogen and oxygen atoms in total. The van der Waals surface area contributed by atoms with Crippen molar-refractivity contribution < 1.29 is 33.0 Å². The van der Waals surface area contributed by atoms with Gasteiger partial charge in [-0.3, -0.25) is 4.79 Å². The molecule has 0 spiro atoms. The number of hydrogen-bond donors (Lipinski definition) is 3. The Morgan fingerprint density at radius 2 is 1.69 bits per heavy atom. The number of carbonyl (C=O) groups excluding carboxylic acids is 2. The van der Waals surface area contributed by atoms with Gasteiger partial charge in [0, 0.05) is 19.0 Å². The van der Waals surface area contributed by atoms with Gasteiger partial charge in [-0.2, -0.15) is 0 Å². The number of aliphatic hydroxyl groups excluding tert-OH is 1. The Morgan fingerprint density at radius 1 is 1.06 bits per heavy atom. The van der Waals surface area contributed by atoms with Crippen LogP contribution in [0.3, 0.4) is 0 Å². The Labute approximate surface area is 188 Å². The highest BCUT2D eigenvalue weighted by atomic mass is 19.1. The quantitative estimate of drug-likeness (QED) is 0.309. The van der Waals surface area contributed by atoms with Gasteiger partial charge in [0.1, 0.15) is 17.2 Å². The molecule has 0 fully saturated rings. The van der Waals surface area contributed by atoms with E-state index >= 15 is 0 Å². The van der Waals surface area contributed by atoms with E-state index in [1.807, 2.05) is 0 Å². The number of ether oxygens (including phenoxy) is 2. The predicted molar refractivity (Wildman–Crippen MR) is 117 cm³/mol. The molecular formula is C23H36F2N2O5. The first-order chi connectivity index (χ1) is 15.0. The molecule has 182 valence electrons. The average molecular weight is 459 g/mol. The summed E-state index contributed by atoms with van der Waals surface area (Å²) in [5, 5.41) is 16.3. The normalized spacial score (nSPS) is 13.3. The van der Waals surface area contributed by atoms with Crippen molar-refractivity contribution in [1.29, 1.82) is 0 Å². The zero-order valence-corrected chi connectivity index (χ0v) is 19.4. The summed E-state index contributed by atoms with van der Waals surface area (Å²) >= 11 is 0. The minimum atomic E-state index is -1.01. The number of nitrogens with one attached hydrogen (secondary N) is 2. The van der Waals surface area contributed by atoms with E-state index in [0.29, 0.717) is 18.5 Å². The van der Waals surface area contributed by atoms with Crippen LogP contribution in [0.5, 0.6) is 0 Å². The van der Waals surface area contributed by atoms with Gasteiger partial charge in [0.15, 0.2) is 0 Å². The number of hydrogen-bond acceptors (Lipinski definition) is 6. The monoisotopic (exact) mass is 458 g/mol. The van der Waals surface area contributed by atoms with Gasteiger partial charge in [0.25, 0.3) is 0 Å². The molecule has 0 bridgehead atoms. The number of carbonyl (C=O) groups is 2. The van der Waals surface area contributed by atoms with Crippen LogP contribution in [-0.4, -0.2) is 55.1 Å². The van der Waals surface area contributed by atoms with Crippen LogP contribution in [-0.2, 0) is 20.7 Å². The standard InChI is InChI=1S/C23H36F2N2O5/c1-23(2,3)32-22(30)27-19(13-16-11-17(24)14-18(25)12-16)20(28)15-26-10-8-6-5-7-9-21(29)31-4/h11-12,14,19-20,26,28H,5-10,13,15H2,1-4H3,(H,27,30)/t19-,20+/m0/s1. The molecular weight excluding hydrogens is 422 g/mol. The third kappa shape index (κ3) is 12.6. The van der Waals surface area contributed by atoms with Crippen molar-refractivity contribution in [3.05, 3.63) is 35.4 Å². The molecule has 0 saturated heterocycles. The van der Waals surface area contributed by atoms with Crippen molar-refractivity contribution in [3.63, 3.8) is 0 Å². The first-order valence-electron chi connectivity index (χ1n) is 10.9. The summed E-state index contributed by atoms with van der Waals surface area (Å²) in [5.74, 6) is -1.67. The molecule has 0 aliphatic carbocycles. The van der Waals surface area contributed by atoms with Crippen molar-refractivity contribution in [1.82, 2.24) is 10.6 Å². The molecule has 0 aliphatic rings. The van der Waals surface area contributed by atoms with Gasteiger partial charge in [-0.25, -0.2) is 13.6 Å². The molecule has 0 saturated carbocycles. The number of unbranched alkanes of at least 4 members (excludes halogenated alkanes) is 3. The van der Waals surface area contributed by atoms with Crippen LogP contribution < -0.4 is 10.6 Å². The number of alkyl carbamates (subject to hydrolysis) is 1. The van der Waals surface area contributed by atoms with E-state index in [1.165, 1.54) is 19.2 Å². The third-order valence-corrected chi connectivity index (χ3v) is 4.61. The molecule has 0 aromatic heterocycles. The second-order valence-corrected chi connectivity index (χ2v) is 8.75. The fraction of sp³-hybridized carbons (Fsp3) is 0.652. The molecule has 0 radical (unpaired) electrons. The summed E-state index contributed by atoms with van der Waals surface area (Å²) < 4.78 is 36.9. The largest absolute Gasteiger partial charge is 0.469 e. The topological polar surface area (TPSA) is 96.9 Å². The van der Waals surface area contributed by atoms with Gasteiger partial charge < -0.3 is 25.2 Å². The zero-order valence-electron chi connectivity index (χ0n) is 19.4. The van der Waals surface area contributed by atoms with E-state index < -0.39 is 35.5 Å². The summed E-state index contributed by atoms with van der Waals surface area (Å²) in [6, 6.07) is 2.30. The van der Waals surface area contributed by atoms with Gasteiger partial charge in [0.2, 0.25) is 0 Å². The summed E-state index contributed by atoms with van der Waals surface area (Å²) in [7, 11) is 1.37. The zero-order chi connectivity index (χ0) is 24.1. The van der Waals surface area contributed by atoms with Crippen LogP contribution in [0.1, 0.15) is 58.4 Å². The van der Waals surface area contributed by atoms with Gasteiger partial charge in [-0.1, -0.05) is 12.8 Å². The van der Waals surface area contributed by atoms with Crippen LogP contribution in [0.4, 0.5) is 13.6 Å². The molecule has 0 unspecified atom stereocenters. The lowest BCUT2D eigenvalue weighted by molar-refractivity contribution is -0.140. The minimum Gasteiger partial charge on any atom is -0.469 e. The van der Waals surface area contributed by atoms with E-state index in [-0.39, 0.29) is 18.9 Å². The molecule has 32 heavy (non-hydrogen) atoms. The molecule has 0 heterocycles. The highest BCUT2D eigenvalue weighted by molar-refractivity contribution is 5.69. The second kappa shape index (κ2) is 14.0. The van der Waals surface area contributed by atoms with Gasteiger partial charge in [-0.15, -0.1) is 0 Å². The predicted octanol–water partition coefficient (Wildman–Crippen LogP) is 3.47. The highest BCUT2D eigenvalue weighted by Gasteiger charge is 2.25. The lowest BCUT2D eigenvalue weighted by atomic mass is 10.0. The fourth-order valence-corrected chi connectivity index (χ4v) is 3.09. The molecule has 1 aromatic rings. The molecule has 1 rings (SSSR count). The van der Waals surface area contributed by atoms with Crippen LogP contribution in [0, 0.1) is 11.6 Å². The number of benzene rings is 1. The Balaban J connectivity index is 2.55. The van der Waals surface area contributed by atoms with Gasteiger partial charge >= 0.3 is 12.1 Å². The van der Waals surface area contributed by atoms with E-state index in [4.69, 9.17) is 4.74 Å². The van der Waals surface area contributed by atoms with Crippen molar-refractivity contribution in [2.45, 2.75) is 77.0 Å². The lowest BCUT2D eigenvalue weighted by Gasteiger charge is -2.27. The second-order valence-electron chi connectivity index (χ2n) is 8.75. The summed E-state index contributed by atoms with van der Waals surface area (Å²) in [6.07, 6.45) is 2.15. The van der Waals surface area contributed by atoms with Gasteiger partial charge in [0.05, 0.1) is 19.3 Å². The summed E-state index contributed by atoms with van der Waals surface area (Å²) in [6.45, 7) is 5.97. The maximum absolute atomic E-state index is 13.6. The first kappa shape index (κ1) is 27.8. The Morgan fingerprint density at radius 3 is 2.28 bits per heavy atom. The van der Waals surface area contributed by atoms with Crippen molar-refractivity contribution in [2.75, 3.05) is 20.2 Å². The number of methoxy groups -OCH3 is 1. The Kier molecular flexibility index (Phi) is 12.2. The number of amides is 1. The van der Waals surface area contributed by atoms with Crippen LogP contribution in [0.15, 0.2) is 18.2 Å². The average Bonchev–Trinajstić information content (AvgIpc) is 2.66. The summed E-state index contributed by atoms with van der Waals surface area (Å²) in [4.78, 5) is 23.3. The lowest BCUT2D eigenvalue weighted by Crippen LogP contribution is -2.50. The summed E-state index contributed by atoms with van der Waals surface area (Å²) in [5.41, 5.74) is -0.412. The fourth-order valence-electron chi connectivity index (χ4n) is 3.09. The maximum atomic E-state index is 13.6. The van der Waals surface area contributed by atoms with Crippen LogP contribution >= 0.6 is 0 Å². The van der Waals surface area contributed by atoms with Crippen molar-refractivity contribution in [3.8, 4) is 0 Å². The minimum absolute atomic E-state index is 0.0320. The molecule has 3 N–H and O–H groups in total. The van der Waals surface area contributed by atoms with E-state index in [0.717, 1.165) is 31.7 Å². The van der Waals surface area contributed by atoms with Crippen molar-refractivity contribution >= 4 is 12.1 Å². The smallest absolute Gasteiger partial charge is 0.407 e. The van der Waals surface area contributed by atoms with Crippen LogP contribution in [0.25, 0.3) is 0 Å². The number of halogens is 2.